The van der Waals surface area contributed by atoms with E-state index in [4.69, 9.17) is 11.6 Å². The molecule has 0 saturated heterocycles. The molecule has 4 aromatic rings. The van der Waals surface area contributed by atoms with E-state index in [0.717, 1.165) is 38.6 Å². The molecule has 0 radical (unpaired) electrons. The Hall–Kier alpha value is -2.91. The van der Waals surface area contributed by atoms with E-state index in [9.17, 15) is 0 Å². The van der Waals surface area contributed by atoms with Crippen molar-refractivity contribution in [1.29, 1.82) is 0 Å². The van der Waals surface area contributed by atoms with Gasteiger partial charge in [0.25, 0.3) is 0 Å². The monoisotopic (exact) mass is 345 g/mol. The van der Waals surface area contributed by atoms with Crippen molar-refractivity contribution in [1.82, 2.24) is 9.97 Å². The highest BCUT2D eigenvalue weighted by atomic mass is 35.5. The maximum atomic E-state index is 6.00. The first-order chi connectivity index (χ1) is 12.2. The minimum Gasteiger partial charge on any atom is -0.329 e. The number of benzene rings is 3. The van der Waals surface area contributed by atoms with Gasteiger partial charge < -0.3 is 4.90 Å². The Balaban J connectivity index is 1.85. The second-order valence-electron chi connectivity index (χ2n) is 5.83. The van der Waals surface area contributed by atoms with Gasteiger partial charge in [-0.1, -0.05) is 48.0 Å². The van der Waals surface area contributed by atoms with Crippen molar-refractivity contribution in [3.63, 3.8) is 0 Å². The molecule has 4 rings (SSSR count). The van der Waals surface area contributed by atoms with Crippen molar-refractivity contribution in [3.8, 4) is 11.1 Å². The number of rotatable bonds is 3. The molecule has 1 heterocycles. The van der Waals surface area contributed by atoms with E-state index in [-0.39, 0.29) is 0 Å². The number of hydrogen-bond donors (Lipinski definition) is 0. The van der Waals surface area contributed by atoms with Gasteiger partial charge >= 0.3 is 0 Å². The molecular weight excluding hydrogens is 330 g/mol. The van der Waals surface area contributed by atoms with E-state index in [0.29, 0.717) is 0 Å². The van der Waals surface area contributed by atoms with Crippen molar-refractivity contribution in [2.45, 2.75) is 0 Å². The van der Waals surface area contributed by atoms with Crippen LogP contribution < -0.4 is 4.90 Å². The topological polar surface area (TPSA) is 29.0 Å². The molecule has 3 aromatic carbocycles. The smallest absolute Gasteiger partial charge is 0.144 e. The molecule has 4 heteroatoms. The molecule has 122 valence electrons. The normalized spacial score (nSPS) is 10.8. The third kappa shape index (κ3) is 3.06. The van der Waals surface area contributed by atoms with Gasteiger partial charge in [-0.15, -0.1) is 0 Å². The predicted octanol–water partition coefficient (Wildman–Crippen LogP) is 5.72. The first-order valence-corrected chi connectivity index (χ1v) is 8.40. The van der Waals surface area contributed by atoms with Gasteiger partial charge in [-0.05, 0) is 47.5 Å². The lowest BCUT2D eigenvalue weighted by molar-refractivity contribution is 1.11. The zero-order valence-corrected chi connectivity index (χ0v) is 14.5. The Kier molecular flexibility index (Phi) is 4.08. The van der Waals surface area contributed by atoms with E-state index in [1.54, 1.807) is 6.33 Å². The standard InChI is InChI=1S/C21H16ClN3/c1-25(18-5-3-2-4-6-18)21-19-13-16(9-12-20(19)23-14-24-21)15-7-10-17(22)11-8-15/h2-14H,1H3. The highest BCUT2D eigenvalue weighted by Crippen LogP contribution is 2.31. The van der Waals surface area contributed by atoms with Gasteiger partial charge in [-0.2, -0.15) is 0 Å². The molecule has 0 aliphatic heterocycles. The maximum Gasteiger partial charge on any atom is 0.144 e. The highest BCUT2D eigenvalue weighted by Gasteiger charge is 2.11. The molecule has 0 atom stereocenters. The van der Waals surface area contributed by atoms with E-state index in [1.165, 1.54) is 0 Å². The first-order valence-electron chi connectivity index (χ1n) is 8.02. The Morgan fingerprint density at radius 2 is 1.52 bits per heavy atom. The van der Waals surface area contributed by atoms with Crippen LogP contribution in [0.5, 0.6) is 0 Å². The molecule has 25 heavy (non-hydrogen) atoms. The summed E-state index contributed by atoms with van der Waals surface area (Å²) in [4.78, 5) is 11.0. The summed E-state index contributed by atoms with van der Waals surface area (Å²) < 4.78 is 0. The second-order valence-corrected chi connectivity index (χ2v) is 6.27. The lowest BCUT2D eigenvalue weighted by Crippen LogP contribution is -2.11. The quantitative estimate of drug-likeness (QED) is 0.475. The third-order valence-corrected chi connectivity index (χ3v) is 4.51. The lowest BCUT2D eigenvalue weighted by atomic mass is 10.0. The van der Waals surface area contributed by atoms with E-state index in [2.05, 4.69) is 39.1 Å². The van der Waals surface area contributed by atoms with Gasteiger partial charge in [-0.25, -0.2) is 9.97 Å². The van der Waals surface area contributed by atoms with Crippen LogP contribution in [0.2, 0.25) is 5.02 Å². The van der Waals surface area contributed by atoms with E-state index >= 15 is 0 Å². The summed E-state index contributed by atoms with van der Waals surface area (Å²) >= 11 is 6.00. The van der Waals surface area contributed by atoms with Crippen molar-refractivity contribution < 1.29 is 0 Å². The van der Waals surface area contributed by atoms with Crippen LogP contribution in [0.4, 0.5) is 11.5 Å². The van der Waals surface area contributed by atoms with Crippen molar-refractivity contribution in [3.05, 3.63) is 84.1 Å². The summed E-state index contributed by atoms with van der Waals surface area (Å²) in [6.45, 7) is 0. The molecule has 0 spiro atoms. The Morgan fingerprint density at radius 1 is 0.800 bits per heavy atom. The number of hydrogen-bond acceptors (Lipinski definition) is 3. The van der Waals surface area contributed by atoms with Gasteiger partial charge in [0.1, 0.15) is 12.1 Å². The van der Waals surface area contributed by atoms with Gasteiger partial charge in [0.15, 0.2) is 0 Å². The Morgan fingerprint density at radius 3 is 2.28 bits per heavy atom. The molecule has 0 amide bonds. The van der Waals surface area contributed by atoms with Crippen LogP contribution in [-0.2, 0) is 0 Å². The zero-order valence-electron chi connectivity index (χ0n) is 13.7. The number of halogens is 1. The largest absolute Gasteiger partial charge is 0.329 e. The van der Waals surface area contributed by atoms with Gasteiger partial charge in [0.05, 0.1) is 5.52 Å². The Labute approximate surface area is 151 Å². The molecule has 0 N–H and O–H groups in total. The fourth-order valence-corrected chi connectivity index (χ4v) is 3.03. The summed E-state index contributed by atoms with van der Waals surface area (Å²) in [7, 11) is 2.02. The number of anilines is 2. The third-order valence-electron chi connectivity index (χ3n) is 4.25. The van der Waals surface area contributed by atoms with E-state index < -0.39 is 0 Å². The molecule has 0 saturated carbocycles. The maximum absolute atomic E-state index is 6.00. The Bertz CT molecular complexity index is 1010. The number of fused-ring (bicyclic) bond motifs is 1. The number of para-hydroxylation sites is 1. The fraction of sp³-hybridized carbons (Fsp3) is 0.0476. The van der Waals surface area contributed by atoms with Gasteiger partial charge in [0, 0.05) is 23.1 Å². The van der Waals surface area contributed by atoms with Gasteiger partial charge in [-0.3, -0.25) is 0 Å². The summed E-state index contributed by atoms with van der Waals surface area (Å²) in [5.74, 6) is 0.881. The fourth-order valence-electron chi connectivity index (χ4n) is 2.91. The van der Waals surface area contributed by atoms with Crippen molar-refractivity contribution >= 4 is 34.0 Å². The van der Waals surface area contributed by atoms with Crippen LogP contribution in [0.25, 0.3) is 22.0 Å². The number of nitrogens with zero attached hydrogens (tertiary/aromatic N) is 3. The van der Waals surface area contributed by atoms with Crippen LogP contribution in [0, 0.1) is 0 Å². The molecule has 3 nitrogen and oxygen atoms in total. The van der Waals surface area contributed by atoms with E-state index in [1.807, 2.05) is 55.6 Å². The number of aromatic nitrogens is 2. The summed E-state index contributed by atoms with van der Waals surface area (Å²) in [6, 6.07) is 24.3. The average molecular weight is 346 g/mol. The zero-order chi connectivity index (χ0) is 17.2. The molecule has 0 unspecified atom stereocenters. The summed E-state index contributed by atoms with van der Waals surface area (Å²) in [6.07, 6.45) is 1.61. The van der Waals surface area contributed by atoms with Crippen LogP contribution in [0.3, 0.4) is 0 Å². The minimum atomic E-state index is 0.734. The highest BCUT2D eigenvalue weighted by molar-refractivity contribution is 6.30. The van der Waals surface area contributed by atoms with Crippen LogP contribution >= 0.6 is 11.6 Å². The SMILES string of the molecule is CN(c1ccccc1)c1ncnc2ccc(-c3ccc(Cl)cc3)cc12. The summed E-state index contributed by atoms with van der Waals surface area (Å²) in [5, 5.41) is 1.75. The molecular formula is C21H16ClN3. The molecule has 1 aromatic heterocycles. The molecule has 0 aliphatic carbocycles. The predicted molar refractivity (Wildman–Crippen MR) is 104 cm³/mol. The van der Waals surface area contributed by atoms with Gasteiger partial charge in [0.2, 0.25) is 0 Å². The molecule has 0 bridgehead atoms. The lowest BCUT2D eigenvalue weighted by Gasteiger charge is -2.20. The van der Waals surface area contributed by atoms with Crippen LogP contribution in [-0.4, -0.2) is 17.0 Å². The van der Waals surface area contributed by atoms with Crippen molar-refractivity contribution in [2.75, 3.05) is 11.9 Å². The second kappa shape index (κ2) is 6.54. The first kappa shape index (κ1) is 15.6. The minimum absolute atomic E-state index is 0.734. The molecule has 0 aliphatic rings. The van der Waals surface area contributed by atoms with Crippen molar-refractivity contribution in [2.24, 2.45) is 0 Å². The van der Waals surface area contributed by atoms with Crippen LogP contribution in [0.15, 0.2) is 79.1 Å². The van der Waals surface area contributed by atoms with Crippen LogP contribution in [0.1, 0.15) is 0 Å². The molecule has 0 fully saturated rings. The summed E-state index contributed by atoms with van der Waals surface area (Å²) in [5.41, 5.74) is 4.23. The average Bonchev–Trinajstić information content (AvgIpc) is 2.68.